The molecule has 0 amide bonds. The van der Waals surface area contributed by atoms with Crippen LogP contribution in [-0.2, 0) is 18.3 Å². The number of phosphoric acid groups is 1. The van der Waals surface area contributed by atoms with E-state index in [1.54, 1.807) is 13.8 Å². The Hall–Kier alpha value is 0.570. The van der Waals surface area contributed by atoms with Crippen molar-refractivity contribution in [1.82, 2.24) is 0 Å². The Morgan fingerprint density at radius 1 is 1.00 bits per heavy atom. The largest absolute Gasteiger partial charge is 0.472 e. The van der Waals surface area contributed by atoms with Crippen LogP contribution in [0.2, 0.25) is 0 Å². The first-order valence-electron chi connectivity index (χ1n) is 5.94. The van der Waals surface area contributed by atoms with Crippen LogP contribution in [0.25, 0.3) is 0 Å². The number of halogens is 2. The summed E-state index contributed by atoms with van der Waals surface area (Å²) in [5.74, 6) is 0. The summed E-state index contributed by atoms with van der Waals surface area (Å²) in [6.07, 6.45) is 0. The molecule has 0 aromatic rings. The van der Waals surface area contributed by atoms with Crippen LogP contribution in [0.4, 0.5) is 0 Å². The van der Waals surface area contributed by atoms with Crippen molar-refractivity contribution >= 4 is 31.0 Å². The average Bonchev–Trinajstić information content (AvgIpc) is 2.36. The number of ether oxygens (including phenoxy) is 1. The topological polar surface area (TPSA) is 105 Å². The zero-order valence-electron chi connectivity index (χ0n) is 11.6. The summed E-state index contributed by atoms with van der Waals surface area (Å²) < 4.78 is 24.7. The molecule has 2 atom stereocenters. The number of aliphatic hydroxyl groups excluding tert-OH is 2. The first kappa shape index (κ1) is 22.8. The number of alkyl halides is 2. The number of rotatable bonds is 10. The molecule has 0 saturated carbocycles. The fourth-order valence-corrected chi connectivity index (χ4v) is 1.86. The monoisotopic (exact) mass is 356 g/mol. The van der Waals surface area contributed by atoms with E-state index in [2.05, 4.69) is 13.8 Å². The summed E-state index contributed by atoms with van der Waals surface area (Å²) in [5.41, 5.74) is 0. The van der Waals surface area contributed by atoms with E-state index in [1.807, 2.05) is 0 Å². The highest BCUT2D eigenvalue weighted by Crippen LogP contribution is 2.43. The second-order valence-electron chi connectivity index (χ2n) is 3.68. The van der Waals surface area contributed by atoms with Crippen molar-refractivity contribution in [1.29, 1.82) is 0 Å². The van der Waals surface area contributed by atoms with Crippen molar-refractivity contribution in [3.8, 4) is 0 Å². The van der Waals surface area contributed by atoms with Gasteiger partial charge >= 0.3 is 7.82 Å². The highest BCUT2D eigenvalue weighted by molar-refractivity contribution is 7.47. The minimum Gasteiger partial charge on any atom is -0.394 e. The molecule has 0 fully saturated rings. The number of hydrogen-bond acceptors (Lipinski definition) is 6. The quantitative estimate of drug-likeness (QED) is 0.308. The molecule has 0 heterocycles. The van der Waals surface area contributed by atoms with Gasteiger partial charge in [-0.15, -0.1) is 23.2 Å². The molecule has 0 radical (unpaired) electrons. The third-order valence-electron chi connectivity index (χ3n) is 1.41. The second kappa shape index (κ2) is 14.5. The van der Waals surface area contributed by atoms with Crippen molar-refractivity contribution < 1.29 is 33.5 Å². The molecule has 0 spiro atoms. The van der Waals surface area contributed by atoms with Gasteiger partial charge in [-0.25, -0.2) is 4.57 Å². The molecule has 0 aromatic heterocycles. The number of phosphoric ester groups is 1. The van der Waals surface area contributed by atoms with E-state index in [0.29, 0.717) is 13.2 Å². The van der Waals surface area contributed by atoms with E-state index < -0.39 is 7.82 Å². The van der Waals surface area contributed by atoms with Crippen LogP contribution < -0.4 is 0 Å². The Balaban J connectivity index is 0. The van der Waals surface area contributed by atoms with Crippen LogP contribution in [0.15, 0.2) is 0 Å². The minimum atomic E-state index is -3.97. The molecule has 0 aliphatic rings. The van der Waals surface area contributed by atoms with Gasteiger partial charge in [0.15, 0.2) is 0 Å². The van der Waals surface area contributed by atoms with Crippen molar-refractivity contribution in [3.05, 3.63) is 0 Å². The average molecular weight is 357 g/mol. The molecule has 10 heteroatoms. The van der Waals surface area contributed by atoms with Crippen LogP contribution in [-0.4, -0.2) is 65.5 Å². The Bertz CT molecular complexity index is 234. The molecule has 0 aliphatic heterocycles. The van der Waals surface area contributed by atoms with Crippen molar-refractivity contribution in [2.24, 2.45) is 0 Å². The predicted molar refractivity (Wildman–Crippen MR) is 77.3 cm³/mol. The first-order valence-corrected chi connectivity index (χ1v) is 8.31. The maximum Gasteiger partial charge on any atom is 0.472 e. The summed E-state index contributed by atoms with van der Waals surface area (Å²) >= 11 is 11.0. The van der Waals surface area contributed by atoms with E-state index in [0.717, 1.165) is 0 Å². The van der Waals surface area contributed by atoms with E-state index in [9.17, 15) is 4.57 Å². The van der Waals surface area contributed by atoms with Crippen molar-refractivity contribution in [2.45, 2.75) is 24.6 Å². The summed E-state index contributed by atoms with van der Waals surface area (Å²) in [5, 5.41) is 15.5. The van der Waals surface area contributed by atoms with Crippen LogP contribution in [0.5, 0.6) is 0 Å². The summed E-state index contributed by atoms with van der Waals surface area (Å²) in [4.78, 5) is 9.01. The number of aliphatic hydroxyl groups is 2. The maximum atomic E-state index is 11.0. The van der Waals surface area contributed by atoms with E-state index in [1.165, 1.54) is 0 Å². The lowest BCUT2D eigenvalue weighted by atomic mass is 10.5. The molecule has 0 bridgehead atoms. The van der Waals surface area contributed by atoms with Gasteiger partial charge < -0.3 is 19.8 Å². The fraction of sp³-hybridized carbons (Fsp3) is 1.00. The minimum absolute atomic E-state index is 0.0278. The van der Waals surface area contributed by atoms with Crippen LogP contribution in [0, 0.1) is 0 Å². The van der Waals surface area contributed by atoms with Gasteiger partial charge in [-0.1, -0.05) is 0 Å². The predicted octanol–water partition coefficient (Wildman–Crippen LogP) is 1.36. The van der Waals surface area contributed by atoms with E-state index in [-0.39, 0.29) is 37.2 Å². The molecule has 124 valence electrons. The molecule has 20 heavy (non-hydrogen) atoms. The number of hydrogen-bond donors (Lipinski definition) is 3. The second-order valence-corrected chi connectivity index (χ2v) is 6.62. The van der Waals surface area contributed by atoms with Gasteiger partial charge in [0.25, 0.3) is 0 Å². The standard InChI is InChI=1S/C6H13Cl2O4P.C4H10O3/c1-5(7)3-11-13(9,10)12-4-6(2)8;5-1-3-7-4-2-6/h5-6H,3-4H2,1-2H3,(H,9,10);5-6H,1-4H2. The molecule has 0 aliphatic carbocycles. The van der Waals surface area contributed by atoms with Gasteiger partial charge in [0.1, 0.15) is 0 Å². The summed E-state index contributed by atoms with van der Waals surface area (Å²) in [6.45, 7) is 3.91. The Morgan fingerprint density at radius 3 is 1.60 bits per heavy atom. The van der Waals surface area contributed by atoms with Gasteiger partial charge in [0.05, 0.1) is 50.4 Å². The normalized spacial score (nSPS) is 16.8. The summed E-state index contributed by atoms with van der Waals surface area (Å²) in [7, 11) is -3.97. The van der Waals surface area contributed by atoms with Crippen molar-refractivity contribution in [2.75, 3.05) is 39.6 Å². The molecule has 2 unspecified atom stereocenters. The Morgan fingerprint density at radius 2 is 1.35 bits per heavy atom. The van der Waals surface area contributed by atoms with Crippen LogP contribution in [0.3, 0.4) is 0 Å². The summed E-state index contributed by atoms with van der Waals surface area (Å²) in [6, 6.07) is 0. The molecule has 0 aromatic carbocycles. The molecule has 0 rings (SSSR count). The Kier molecular flexibility index (Phi) is 16.6. The van der Waals surface area contributed by atoms with Crippen LogP contribution in [0.1, 0.15) is 13.8 Å². The Labute approximate surface area is 129 Å². The highest BCUT2D eigenvalue weighted by atomic mass is 35.5. The lowest BCUT2D eigenvalue weighted by molar-refractivity contribution is 0.0650. The third-order valence-corrected chi connectivity index (χ3v) is 2.61. The van der Waals surface area contributed by atoms with Gasteiger partial charge in [-0.3, -0.25) is 9.05 Å². The molecule has 3 N–H and O–H groups in total. The van der Waals surface area contributed by atoms with Gasteiger partial charge in [0, 0.05) is 0 Å². The third kappa shape index (κ3) is 20.9. The molecular formula is C10H23Cl2O7P. The fourth-order valence-electron chi connectivity index (χ4n) is 0.662. The lowest BCUT2D eigenvalue weighted by Gasteiger charge is -2.13. The maximum absolute atomic E-state index is 11.0. The first-order chi connectivity index (χ1) is 9.25. The van der Waals surface area contributed by atoms with Gasteiger partial charge in [-0.2, -0.15) is 0 Å². The van der Waals surface area contributed by atoms with E-state index >= 15 is 0 Å². The SMILES string of the molecule is CC(Cl)COP(=O)(O)OCC(C)Cl.OCCOCCO. The zero-order valence-corrected chi connectivity index (χ0v) is 14.0. The molecular weight excluding hydrogens is 334 g/mol. The lowest BCUT2D eigenvalue weighted by Crippen LogP contribution is -2.08. The molecule has 0 saturated heterocycles. The zero-order chi connectivity index (χ0) is 16.0. The van der Waals surface area contributed by atoms with Gasteiger partial charge in [0.2, 0.25) is 0 Å². The van der Waals surface area contributed by atoms with Crippen LogP contribution >= 0.6 is 31.0 Å². The van der Waals surface area contributed by atoms with Gasteiger partial charge in [-0.05, 0) is 13.8 Å². The van der Waals surface area contributed by atoms with Crippen molar-refractivity contribution in [3.63, 3.8) is 0 Å². The highest BCUT2D eigenvalue weighted by Gasteiger charge is 2.22. The molecule has 7 nitrogen and oxygen atoms in total. The smallest absolute Gasteiger partial charge is 0.394 e. The van der Waals surface area contributed by atoms with E-state index in [4.69, 9.17) is 38.3 Å².